The molecule has 1 saturated carbocycles. The minimum Gasteiger partial charge on any atom is -0.463 e. The van der Waals surface area contributed by atoms with Crippen LogP contribution in [-0.4, -0.2) is 36.6 Å². The summed E-state index contributed by atoms with van der Waals surface area (Å²) in [5.41, 5.74) is 5.65. The first-order valence-corrected chi connectivity index (χ1v) is 7.78. The summed E-state index contributed by atoms with van der Waals surface area (Å²) in [6.45, 7) is 4.32. The molecule has 1 aliphatic carbocycles. The van der Waals surface area contributed by atoms with Gasteiger partial charge in [-0.3, -0.25) is 4.79 Å². The van der Waals surface area contributed by atoms with Crippen LogP contribution in [0.5, 0.6) is 0 Å². The Morgan fingerprint density at radius 2 is 1.95 bits per heavy atom. The van der Waals surface area contributed by atoms with E-state index in [1.165, 1.54) is 0 Å². The van der Waals surface area contributed by atoms with E-state index in [-0.39, 0.29) is 24.3 Å². The Bertz CT molecular complexity index is 326. The van der Waals surface area contributed by atoms with Crippen LogP contribution in [0.2, 0.25) is 0 Å². The van der Waals surface area contributed by atoms with Crippen molar-refractivity contribution >= 4 is 5.97 Å². The highest BCUT2D eigenvalue weighted by molar-refractivity contribution is 5.70. The van der Waals surface area contributed by atoms with Gasteiger partial charge in [-0.15, -0.1) is 0 Å². The zero-order valence-electron chi connectivity index (χ0n) is 12.6. The predicted molar refractivity (Wildman–Crippen MR) is 75.1 cm³/mol. The molecule has 5 nitrogen and oxygen atoms in total. The number of esters is 1. The molecule has 1 saturated heterocycles. The number of ether oxygens (including phenoxy) is 3. The van der Waals surface area contributed by atoms with E-state index in [9.17, 15) is 4.79 Å². The minimum atomic E-state index is -0.471. The van der Waals surface area contributed by atoms with Gasteiger partial charge in [0.2, 0.25) is 0 Å². The molecule has 0 aromatic rings. The largest absolute Gasteiger partial charge is 0.463 e. The van der Waals surface area contributed by atoms with Crippen molar-refractivity contribution in [1.82, 2.24) is 0 Å². The topological polar surface area (TPSA) is 70.8 Å². The first-order valence-electron chi connectivity index (χ1n) is 7.78. The van der Waals surface area contributed by atoms with Gasteiger partial charge in [0.25, 0.3) is 0 Å². The standard InChI is InChI=1S/C15H27NO4/c1-11(2)18-14(17)10-13-9-12(5-8-16)19-15(20-13)6-3-4-7-15/h11-13H,3-10,16H2,1-2H3/t12?,13-/m0/s1. The lowest BCUT2D eigenvalue weighted by atomic mass is 10.0. The molecule has 20 heavy (non-hydrogen) atoms. The fourth-order valence-electron chi connectivity index (χ4n) is 3.16. The van der Waals surface area contributed by atoms with Crippen molar-refractivity contribution in [3.63, 3.8) is 0 Å². The second-order valence-electron chi connectivity index (χ2n) is 6.15. The summed E-state index contributed by atoms with van der Waals surface area (Å²) >= 11 is 0. The molecular weight excluding hydrogens is 258 g/mol. The molecule has 2 fully saturated rings. The average Bonchev–Trinajstić information content (AvgIpc) is 2.75. The van der Waals surface area contributed by atoms with Gasteiger partial charge in [-0.1, -0.05) is 0 Å². The average molecular weight is 285 g/mol. The van der Waals surface area contributed by atoms with E-state index in [4.69, 9.17) is 19.9 Å². The third kappa shape index (κ3) is 4.17. The quantitative estimate of drug-likeness (QED) is 0.783. The van der Waals surface area contributed by atoms with Crippen molar-refractivity contribution < 1.29 is 19.0 Å². The Morgan fingerprint density at radius 1 is 1.30 bits per heavy atom. The lowest BCUT2D eigenvalue weighted by molar-refractivity contribution is -0.315. The fourth-order valence-corrected chi connectivity index (χ4v) is 3.16. The maximum Gasteiger partial charge on any atom is 0.308 e. The highest BCUT2D eigenvalue weighted by Gasteiger charge is 2.44. The Labute approximate surface area is 121 Å². The van der Waals surface area contributed by atoms with E-state index >= 15 is 0 Å². The van der Waals surface area contributed by atoms with Crippen molar-refractivity contribution in [2.75, 3.05) is 6.54 Å². The Hall–Kier alpha value is -0.650. The SMILES string of the molecule is CC(C)OC(=O)C[C@@H]1CC(CCN)OC2(CCCC2)O1. The number of rotatable bonds is 5. The van der Waals surface area contributed by atoms with E-state index in [1.807, 2.05) is 13.8 Å². The van der Waals surface area contributed by atoms with Crippen LogP contribution in [0.1, 0.15) is 58.8 Å². The van der Waals surface area contributed by atoms with Gasteiger partial charge in [-0.2, -0.15) is 0 Å². The van der Waals surface area contributed by atoms with Crippen LogP contribution in [0.25, 0.3) is 0 Å². The smallest absolute Gasteiger partial charge is 0.308 e. The van der Waals surface area contributed by atoms with E-state index in [0.717, 1.165) is 38.5 Å². The first kappa shape index (κ1) is 15.7. The van der Waals surface area contributed by atoms with Gasteiger partial charge < -0.3 is 19.9 Å². The molecule has 2 N–H and O–H groups in total. The molecule has 2 aliphatic rings. The normalized spacial score (nSPS) is 29.0. The van der Waals surface area contributed by atoms with Crippen molar-refractivity contribution in [1.29, 1.82) is 0 Å². The highest BCUT2D eigenvalue weighted by atomic mass is 16.7. The van der Waals surface area contributed by atoms with Crippen LogP contribution in [-0.2, 0) is 19.0 Å². The second-order valence-corrected chi connectivity index (χ2v) is 6.15. The predicted octanol–water partition coefficient (Wildman–Crippen LogP) is 2.12. The minimum absolute atomic E-state index is 0.0809. The molecule has 2 atom stereocenters. The van der Waals surface area contributed by atoms with Gasteiger partial charge in [-0.25, -0.2) is 0 Å². The Kier molecular flexibility index (Phi) is 5.41. The number of hydrogen-bond donors (Lipinski definition) is 1. The summed E-state index contributed by atoms with van der Waals surface area (Å²) in [5, 5.41) is 0. The highest BCUT2D eigenvalue weighted by Crippen LogP contribution is 2.41. The van der Waals surface area contributed by atoms with E-state index in [0.29, 0.717) is 13.0 Å². The molecule has 0 aromatic carbocycles. The monoisotopic (exact) mass is 285 g/mol. The number of carbonyl (C=O) groups excluding carboxylic acids is 1. The van der Waals surface area contributed by atoms with Crippen molar-refractivity contribution in [2.45, 2.75) is 82.9 Å². The lowest BCUT2D eigenvalue weighted by Gasteiger charge is -2.42. The molecule has 1 heterocycles. The summed E-state index contributed by atoms with van der Waals surface area (Å²) in [6, 6.07) is 0. The molecule has 5 heteroatoms. The molecule has 0 radical (unpaired) electrons. The van der Waals surface area contributed by atoms with E-state index < -0.39 is 5.79 Å². The van der Waals surface area contributed by atoms with Crippen LogP contribution in [0.3, 0.4) is 0 Å². The van der Waals surface area contributed by atoms with Crippen LogP contribution in [0.4, 0.5) is 0 Å². The van der Waals surface area contributed by atoms with Crippen molar-refractivity contribution in [3.05, 3.63) is 0 Å². The van der Waals surface area contributed by atoms with Gasteiger partial charge in [0.15, 0.2) is 5.79 Å². The molecule has 116 valence electrons. The van der Waals surface area contributed by atoms with Gasteiger partial charge in [0.1, 0.15) is 0 Å². The molecule has 0 bridgehead atoms. The zero-order chi connectivity index (χ0) is 14.6. The second kappa shape index (κ2) is 6.87. The lowest BCUT2D eigenvalue weighted by Crippen LogP contribution is -2.48. The summed E-state index contributed by atoms with van der Waals surface area (Å²) in [5.74, 6) is -0.660. The maximum atomic E-state index is 11.8. The molecule has 2 rings (SSSR count). The summed E-state index contributed by atoms with van der Waals surface area (Å²) in [7, 11) is 0. The van der Waals surface area contributed by atoms with Crippen LogP contribution >= 0.6 is 0 Å². The van der Waals surface area contributed by atoms with Gasteiger partial charge >= 0.3 is 5.97 Å². The molecule has 1 aliphatic heterocycles. The van der Waals surface area contributed by atoms with Crippen molar-refractivity contribution in [3.8, 4) is 0 Å². The fraction of sp³-hybridized carbons (Fsp3) is 0.933. The van der Waals surface area contributed by atoms with E-state index in [2.05, 4.69) is 0 Å². The summed E-state index contributed by atoms with van der Waals surface area (Å²) in [6.07, 6.45) is 5.86. The molecule has 0 aromatic heterocycles. The number of carbonyl (C=O) groups is 1. The van der Waals surface area contributed by atoms with Gasteiger partial charge in [-0.05, 0) is 39.7 Å². The number of nitrogens with two attached hydrogens (primary N) is 1. The van der Waals surface area contributed by atoms with Crippen LogP contribution in [0, 0.1) is 0 Å². The van der Waals surface area contributed by atoms with Gasteiger partial charge in [0.05, 0.1) is 24.7 Å². The van der Waals surface area contributed by atoms with Crippen LogP contribution < -0.4 is 5.73 Å². The third-order valence-electron chi connectivity index (χ3n) is 3.90. The summed E-state index contributed by atoms with van der Waals surface area (Å²) < 4.78 is 17.4. The van der Waals surface area contributed by atoms with Crippen LogP contribution in [0.15, 0.2) is 0 Å². The number of hydrogen-bond acceptors (Lipinski definition) is 5. The maximum absolute atomic E-state index is 11.8. The Morgan fingerprint density at radius 3 is 2.55 bits per heavy atom. The van der Waals surface area contributed by atoms with E-state index in [1.54, 1.807) is 0 Å². The molecule has 1 unspecified atom stereocenters. The zero-order valence-corrected chi connectivity index (χ0v) is 12.6. The molecule has 1 spiro atoms. The first-order chi connectivity index (χ1) is 9.53. The van der Waals surface area contributed by atoms with Gasteiger partial charge in [0, 0.05) is 19.3 Å². The Balaban J connectivity index is 1.95. The third-order valence-corrected chi connectivity index (χ3v) is 3.90. The molecular formula is C15H27NO4. The molecule has 0 amide bonds. The van der Waals surface area contributed by atoms with Crippen molar-refractivity contribution in [2.24, 2.45) is 5.73 Å². The summed E-state index contributed by atoms with van der Waals surface area (Å²) in [4.78, 5) is 11.8.